The van der Waals surface area contributed by atoms with Gasteiger partial charge in [0.15, 0.2) is 5.84 Å². The third kappa shape index (κ3) is 3.83. The maximum Gasteiger partial charge on any atom is 0.233 e. The number of nitrogens with one attached hydrogen (secondary N) is 1. The Labute approximate surface area is 115 Å². The van der Waals surface area contributed by atoms with Gasteiger partial charge in [-0.1, -0.05) is 19.0 Å². The minimum atomic E-state index is -0.939. The zero-order valence-electron chi connectivity index (χ0n) is 12.1. The molecule has 110 valence electrons. The number of carbonyl (C=O) groups is 1. The minimum Gasteiger partial charge on any atom is -0.409 e. The summed E-state index contributed by atoms with van der Waals surface area (Å²) >= 11 is 0. The second kappa shape index (κ2) is 6.75. The molecule has 0 saturated heterocycles. The average molecular weight is 270 g/mol. The number of likely N-dealkylation sites (N-methyl/N-ethyl adjacent to an activating group) is 1. The molecule has 19 heavy (non-hydrogen) atoms. The summed E-state index contributed by atoms with van der Waals surface area (Å²) < 4.78 is 0. The smallest absolute Gasteiger partial charge is 0.233 e. The molecule has 1 unspecified atom stereocenters. The van der Waals surface area contributed by atoms with E-state index >= 15 is 0 Å². The number of nitrogens with zero attached hydrogens (tertiary/aromatic N) is 2. The lowest BCUT2D eigenvalue weighted by atomic mass is 9.85. The maximum absolute atomic E-state index is 12.2. The Balaban J connectivity index is 2.44. The molecule has 1 fully saturated rings. The summed E-state index contributed by atoms with van der Waals surface area (Å²) in [5.74, 6) is -0.223. The lowest BCUT2D eigenvalue weighted by Crippen LogP contribution is -2.49. The first-order valence-corrected chi connectivity index (χ1v) is 6.99. The zero-order chi connectivity index (χ0) is 14.5. The van der Waals surface area contributed by atoms with Gasteiger partial charge in [-0.25, -0.2) is 0 Å². The van der Waals surface area contributed by atoms with Gasteiger partial charge in [0.2, 0.25) is 5.91 Å². The van der Waals surface area contributed by atoms with Crippen molar-refractivity contribution < 1.29 is 10.0 Å². The fourth-order valence-corrected chi connectivity index (χ4v) is 2.12. The Morgan fingerprint density at radius 1 is 1.53 bits per heavy atom. The van der Waals surface area contributed by atoms with Crippen LogP contribution in [0.1, 0.15) is 40.0 Å². The van der Waals surface area contributed by atoms with Crippen molar-refractivity contribution >= 4 is 11.7 Å². The van der Waals surface area contributed by atoms with E-state index in [9.17, 15) is 4.79 Å². The molecule has 1 atom stereocenters. The summed E-state index contributed by atoms with van der Waals surface area (Å²) in [7, 11) is 0. The van der Waals surface area contributed by atoms with Crippen LogP contribution < -0.4 is 11.1 Å². The third-order valence-corrected chi connectivity index (χ3v) is 4.04. The van der Waals surface area contributed by atoms with Crippen LogP contribution in [0.3, 0.4) is 0 Å². The first kappa shape index (κ1) is 15.8. The summed E-state index contributed by atoms with van der Waals surface area (Å²) in [6, 6.07) is 0.698. The van der Waals surface area contributed by atoms with Gasteiger partial charge in [-0.2, -0.15) is 0 Å². The Bertz CT molecular complexity index is 342. The van der Waals surface area contributed by atoms with Crippen LogP contribution in [0, 0.1) is 5.41 Å². The lowest BCUT2D eigenvalue weighted by molar-refractivity contribution is -0.127. The molecule has 1 saturated carbocycles. The van der Waals surface area contributed by atoms with Crippen molar-refractivity contribution in [1.82, 2.24) is 10.2 Å². The lowest BCUT2D eigenvalue weighted by Gasteiger charge is -2.26. The Kier molecular flexibility index (Phi) is 5.60. The van der Waals surface area contributed by atoms with E-state index in [1.807, 2.05) is 6.92 Å². The predicted molar refractivity (Wildman–Crippen MR) is 75.1 cm³/mol. The fraction of sp³-hybridized carbons (Fsp3) is 0.846. The van der Waals surface area contributed by atoms with Gasteiger partial charge in [0.1, 0.15) is 5.41 Å². The predicted octanol–water partition coefficient (Wildman–Crippen LogP) is 0.750. The monoisotopic (exact) mass is 270 g/mol. The third-order valence-electron chi connectivity index (χ3n) is 4.04. The highest BCUT2D eigenvalue weighted by Gasteiger charge is 2.36. The Hall–Kier alpha value is -1.30. The second-order valence-electron chi connectivity index (χ2n) is 5.29. The van der Waals surface area contributed by atoms with Crippen LogP contribution in [0.5, 0.6) is 0 Å². The van der Waals surface area contributed by atoms with E-state index in [-0.39, 0.29) is 11.7 Å². The molecule has 4 N–H and O–H groups in total. The van der Waals surface area contributed by atoms with Gasteiger partial charge < -0.3 is 16.3 Å². The number of hydrogen-bond acceptors (Lipinski definition) is 4. The molecule has 1 rings (SSSR count). The van der Waals surface area contributed by atoms with Crippen molar-refractivity contribution in [2.75, 3.05) is 19.6 Å². The van der Waals surface area contributed by atoms with Crippen LogP contribution in [-0.4, -0.2) is 47.5 Å². The van der Waals surface area contributed by atoms with Crippen molar-refractivity contribution in [3.05, 3.63) is 0 Å². The van der Waals surface area contributed by atoms with Gasteiger partial charge in [0.25, 0.3) is 0 Å². The van der Waals surface area contributed by atoms with Gasteiger partial charge in [0.05, 0.1) is 0 Å². The maximum atomic E-state index is 12.2. The molecule has 0 aromatic rings. The number of hydrogen-bond donors (Lipinski definition) is 3. The second-order valence-corrected chi connectivity index (χ2v) is 5.29. The van der Waals surface area contributed by atoms with Crippen molar-refractivity contribution in [3.8, 4) is 0 Å². The number of carbonyl (C=O) groups excluding carboxylic acids is 1. The largest absolute Gasteiger partial charge is 0.409 e. The number of amidine groups is 1. The van der Waals surface area contributed by atoms with Crippen LogP contribution >= 0.6 is 0 Å². The fourth-order valence-electron chi connectivity index (χ4n) is 2.12. The van der Waals surface area contributed by atoms with Crippen molar-refractivity contribution in [3.63, 3.8) is 0 Å². The van der Waals surface area contributed by atoms with Crippen LogP contribution in [0.25, 0.3) is 0 Å². The summed E-state index contributed by atoms with van der Waals surface area (Å²) in [6.45, 7) is 8.12. The molecule has 1 aliphatic carbocycles. The van der Waals surface area contributed by atoms with Gasteiger partial charge in [-0.15, -0.1) is 0 Å². The van der Waals surface area contributed by atoms with E-state index in [1.165, 1.54) is 12.8 Å². The van der Waals surface area contributed by atoms with E-state index in [0.717, 1.165) is 13.1 Å². The number of oxime groups is 1. The molecule has 0 radical (unpaired) electrons. The van der Waals surface area contributed by atoms with E-state index in [1.54, 1.807) is 6.92 Å². The van der Waals surface area contributed by atoms with Crippen LogP contribution in [0.2, 0.25) is 0 Å². The summed E-state index contributed by atoms with van der Waals surface area (Å²) in [6.07, 6.45) is 3.02. The molecule has 0 aromatic carbocycles. The molecule has 0 bridgehead atoms. The molecule has 1 aliphatic rings. The molecular weight excluding hydrogens is 244 g/mol. The number of amides is 1. The quantitative estimate of drug-likeness (QED) is 0.263. The van der Waals surface area contributed by atoms with Crippen molar-refractivity contribution in [2.45, 2.75) is 46.1 Å². The van der Waals surface area contributed by atoms with Crippen LogP contribution in [-0.2, 0) is 4.79 Å². The minimum absolute atomic E-state index is 0.0398. The van der Waals surface area contributed by atoms with Gasteiger partial charge in [-0.05, 0) is 32.7 Å². The van der Waals surface area contributed by atoms with Gasteiger partial charge in [-0.3, -0.25) is 9.69 Å². The zero-order valence-corrected chi connectivity index (χ0v) is 12.1. The van der Waals surface area contributed by atoms with E-state index in [4.69, 9.17) is 10.9 Å². The molecule has 6 heteroatoms. The topological polar surface area (TPSA) is 91.0 Å². The van der Waals surface area contributed by atoms with Crippen LogP contribution in [0.4, 0.5) is 0 Å². The highest BCUT2D eigenvalue weighted by atomic mass is 16.4. The standard InChI is InChI=1S/C13H26N4O2/c1-4-13(3,11(14)16-19)12(18)15-8-9-17(5-2)10-6-7-10/h10,19H,4-9H2,1-3H3,(H2,14,16)(H,15,18). The normalized spacial score (nSPS) is 19.3. The summed E-state index contributed by atoms with van der Waals surface area (Å²) in [5, 5.41) is 14.6. The molecular formula is C13H26N4O2. The molecule has 0 aromatic heterocycles. The number of nitrogens with two attached hydrogens (primary N) is 1. The molecule has 1 amide bonds. The highest BCUT2D eigenvalue weighted by molar-refractivity contribution is 6.06. The Morgan fingerprint density at radius 3 is 2.58 bits per heavy atom. The SMILES string of the molecule is CCN(CCNC(=O)C(C)(CC)C(N)=NO)C1CC1. The van der Waals surface area contributed by atoms with E-state index in [2.05, 4.69) is 22.3 Å². The molecule has 0 spiro atoms. The van der Waals surface area contributed by atoms with Crippen molar-refractivity contribution in [2.24, 2.45) is 16.3 Å². The summed E-state index contributed by atoms with van der Waals surface area (Å²) in [5.41, 5.74) is 4.67. The average Bonchev–Trinajstić information content (AvgIpc) is 3.25. The van der Waals surface area contributed by atoms with E-state index < -0.39 is 5.41 Å². The molecule has 6 nitrogen and oxygen atoms in total. The molecule has 0 heterocycles. The Morgan fingerprint density at radius 2 is 2.16 bits per heavy atom. The first-order chi connectivity index (χ1) is 8.99. The van der Waals surface area contributed by atoms with E-state index in [0.29, 0.717) is 19.0 Å². The van der Waals surface area contributed by atoms with Crippen molar-refractivity contribution in [1.29, 1.82) is 0 Å². The van der Waals surface area contributed by atoms with Gasteiger partial charge in [0, 0.05) is 19.1 Å². The summed E-state index contributed by atoms with van der Waals surface area (Å²) in [4.78, 5) is 14.5. The molecule has 0 aliphatic heterocycles. The highest BCUT2D eigenvalue weighted by Crippen LogP contribution is 2.26. The first-order valence-electron chi connectivity index (χ1n) is 6.99. The number of rotatable bonds is 8. The van der Waals surface area contributed by atoms with Gasteiger partial charge >= 0.3 is 0 Å². The van der Waals surface area contributed by atoms with Crippen LogP contribution in [0.15, 0.2) is 5.16 Å².